The summed E-state index contributed by atoms with van der Waals surface area (Å²) in [6.07, 6.45) is 12.3. The zero-order chi connectivity index (χ0) is 10.8. The van der Waals surface area contributed by atoms with Crippen molar-refractivity contribution >= 4 is 17.0 Å². The first-order chi connectivity index (χ1) is 6.74. The van der Waals surface area contributed by atoms with Crippen molar-refractivity contribution in [2.45, 2.75) is 39.5 Å². The van der Waals surface area contributed by atoms with Crippen LogP contribution < -0.4 is 0 Å². The molecule has 0 radical (unpaired) electrons. The van der Waals surface area contributed by atoms with Gasteiger partial charge in [-0.05, 0) is 18.8 Å². The fourth-order valence-electron chi connectivity index (χ4n) is 1.47. The number of allylic oxidation sites excluding steroid dienone is 4. The van der Waals surface area contributed by atoms with Gasteiger partial charge in [0.1, 0.15) is 0 Å². The molecule has 0 heterocycles. The van der Waals surface area contributed by atoms with Crippen LogP contribution >= 0.6 is 17.0 Å². The molecule has 0 saturated carbocycles. The van der Waals surface area contributed by atoms with Gasteiger partial charge < -0.3 is 0 Å². The second-order valence-electron chi connectivity index (χ2n) is 3.49. The van der Waals surface area contributed by atoms with Gasteiger partial charge in [-0.2, -0.15) is 0 Å². The molecule has 14 heavy (non-hydrogen) atoms. The molecule has 0 bridgehead atoms. The fraction of sp³-hybridized carbons (Fsp3) is 0.636. The van der Waals surface area contributed by atoms with Crippen molar-refractivity contribution in [2.24, 2.45) is 5.92 Å². The van der Waals surface area contributed by atoms with Crippen LogP contribution in [-0.2, 0) is 20.8 Å². The van der Waals surface area contributed by atoms with Gasteiger partial charge in [-0.25, -0.2) is 0 Å². The molecule has 0 aromatic carbocycles. The van der Waals surface area contributed by atoms with Crippen LogP contribution in [0.3, 0.4) is 0 Å². The van der Waals surface area contributed by atoms with Crippen molar-refractivity contribution < 1.29 is 20.8 Å². The van der Waals surface area contributed by atoms with Crippen LogP contribution in [0.4, 0.5) is 0 Å². The van der Waals surface area contributed by atoms with Crippen molar-refractivity contribution in [3.05, 3.63) is 23.8 Å². The van der Waals surface area contributed by atoms with Crippen molar-refractivity contribution in [1.82, 2.24) is 0 Å². The molecule has 0 aromatic heterocycles. The van der Waals surface area contributed by atoms with Crippen LogP contribution in [0.1, 0.15) is 39.5 Å². The molecular weight excluding hydrogens is 294 g/mol. The van der Waals surface area contributed by atoms with Gasteiger partial charge in [-0.15, -0.1) is 0 Å². The Balaban J connectivity index is 0.000000500. The number of halogens is 2. The van der Waals surface area contributed by atoms with Gasteiger partial charge >= 0.3 is 37.9 Å². The third-order valence-electron chi connectivity index (χ3n) is 2.16. The fourth-order valence-corrected chi connectivity index (χ4v) is 1.47. The molecular formula is C11H18Cl2Zr. The zero-order valence-corrected chi connectivity index (χ0v) is 12.9. The van der Waals surface area contributed by atoms with E-state index in [0.29, 0.717) is 5.92 Å². The molecule has 80 valence electrons. The van der Waals surface area contributed by atoms with Gasteiger partial charge in [0.25, 0.3) is 0 Å². The van der Waals surface area contributed by atoms with E-state index in [9.17, 15) is 0 Å². The Morgan fingerprint density at radius 1 is 1.36 bits per heavy atom. The third-order valence-corrected chi connectivity index (χ3v) is 2.16. The molecule has 0 aromatic rings. The van der Waals surface area contributed by atoms with E-state index in [1.165, 1.54) is 25.7 Å². The summed E-state index contributed by atoms with van der Waals surface area (Å²) in [5.74, 6) is 0.687. The van der Waals surface area contributed by atoms with Crippen molar-refractivity contribution in [3.8, 4) is 0 Å². The number of hydrogen-bond acceptors (Lipinski definition) is 0. The van der Waals surface area contributed by atoms with Crippen LogP contribution in [0.15, 0.2) is 23.8 Å². The van der Waals surface area contributed by atoms with Gasteiger partial charge in [-0.3, -0.25) is 0 Å². The van der Waals surface area contributed by atoms with E-state index in [1.807, 2.05) is 0 Å². The van der Waals surface area contributed by atoms with Gasteiger partial charge in [0.05, 0.1) is 0 Å². The second-order valence-corrected chi connectivity index (χ2v) is 7.22. The maximum atomic E-state index is 4.93. The molecule has 1 aliphatic rings. The quantitative estimate of drug-likeness (QED) is 0.635. The summed E-state index contributed by atoms with van der Waals surface area (Å²) >= 11 is -0.826. The summed E-state index contributed by atoms with van der Waals surface area (Å²) in [6, 6.07) is 0. The van der Waals surface area contributed by atoms with Gasteiger partial charge in [-0.1, -0.05) is 50.5 Å². The van der Waals surface area contributed by atoms with E-state index in [2.05, 4.69) is 32.1 Å². The van der Waals surface area contributed by atoms with Crippen LogP contribution in [0.5, 0.6) is 0 Å². The number of unbranched alkanes of at least 4 members (excludes halogenated alkanes) is 2. The van der Waals surface area contributed by atoms with E-state index in [0.717, 1.165) is 0 Å². The first kappa shape index (κ1) is 14.9. The topological polar surface area (TPSA) is 0 Å². The summed E-state index contributed by atoms with van der Waals surface area (Å²) in [5, 5.41) is 0. The predicted molar refractivity (Wildman–Crippen MR) is 62.2 cm³/mol. The van der Waals surface area contributed by atoms with E-state index < -0.39 is 20.8 Å². The monoisotopic (exact) mass is 310 g/mol. The number of hydrogen-bond donors (Lipinski definition) is 0. The van der Waals surface area contributed by atoms with Crippen LogP contribution in [0, 0.1) is 5.92 Å². The third kappa shape index (κ3) is 8.27. The maximum absolute atomic E-state index is 4.93. The molecule has 3 heteroatoms. The molecule has 1 atom stereocenters. The molecule has 0 aliphatic heterocycles. The Kier molecular flexibility index (Phi) is 11.2. The summed E-state index contributed by atoms with van der Waals surface area (Å²) in [4.78, 5) is 0. The van der Waals surface area contributed by atoms with Gasteiger partial charge in [0.15, 0.2) is 0 Å². The predicted octanol–water partition coefficient (Wildman–Crippen LogP) is 5.08. The van der Waals surface area contributed by atoms with Crippen molar-refractivity contribution in [1.29, 1.82) is 0 Å². The summed E-state index contributed by atoms with van der Waals surface area (Å²) in [5.41, 5.74) is 1.55. The Hall–Kier alpha value is 0.943. The Morgan fingerprint density at radius 3 is 2.43 bits per heavy atom. The average molecular weight is 312 g/mol. The van der Waals surface area contributed by atoms with Crippen molar-refractivity contribution in [3.63, 3.8) is 0 Å². The van der Waals surface area contributed by atoms with Gasteiger partial charge in [0.2, 0.25) is 0 Å². The van der Waals surface area contributed by atoms with E-state index in [4.69, 9.17) is 17.0 Å². The molecule has 1 rings (SSSR count). The molecule has 0 N–H and O–H groups in total. The Morgan fingerprint density at radius 2 is 2.00 bits per heavy atom. The van der Waals surface area contributed by atoms with Crippen LogP contribution in [0.2, 0.25) is 0 Å². The Labute approximate surface area is 106 Å². The summed E-state index contributed by atoms with van der Waals surface area (Å²) in [6.45, 7) is 4.49. The van der Waals surface area contributed by atoms with Gasteiger partial charge in [0, 0.05) is 0 Å². The number of rotatable bonds is 4. The SMILES string of the molecule is CCCCCC1=CC(C)C=C1.[Cl][Zr][Cl]. The molecule has 0 saturated heterocycles. The molecule has 0 amide bonds. The van der Waals surface area contributed by atoms with Crippen molar-refractivity contribution in [2.75, 3.05) is 0 Å². The molecule has 0 fully saturated rings. The average Bonchev–Trinajstić information content (AvgIpc) is 2.53. The standard InChI is InChI=1S/C11H18.2ClH.Zr/c1-3-4-5-6-11-8-7-10(2)9-11;;;/h7-10H,3-6H2,1-2H3;2*1H;/q;;;+2/p-2. The minimum absolute atomic E-state index is 0.687. The minimum atomic E-state index is -0.826. The molecule has 1 aliphatic carbocycles. The summed E-state index contributed by atoms with van der Waals surface area (Å²) in [7, 11) is 9.87. The molecule has 0 nitrogen and oxygen atoms in total. The van der Waals surface area contributed by atoms with E-state index in [-0.39, 0.29) is 0 Å². The normalized spacial score (nSPS) is 18.6. The van der Waals surface area contributed by atoms with Crippen LogP contribution in [-0.4, -0.2) is 0 Å². The first-order valence-corrected chi connectivity index (χ1v) is 11.4. The first-order valence-electron chi connectivity index (χ1n) is 5.09. The molecule has 1 unspecified atom stereocenters. The zero-order valence-electron chi connectivity index (χ0n) is 8.89. The molecule has 0 spiro atoms. The summed E-state index contributed by atoms with van der Waals surface area (Å²) < 4.78 is 0. The van der Waals surface area contributed by atoms with E-state index in [1.54, 1.807) is 5.57 Å². The second kappa shape index (κ2) is 10.5. The van der Waals surface area contributed by atoms with E-state index >= 15 is 0 Å². The Bertz CT molecular complexity index is 188. The van der Waals surface area contributed by atoms with Crippen LogP contribution in [0.25, 0.3) is 0 Å².